The second-order valence-electron chi connectivity index (χ2n) is 11.0. The van der Waals surface area contributed by atoms with E-state index in [9.17, 15) is 9.90 Å². The molecule has 3 aromatic carbocycles. The summed E-state index contributed by atoms with van der Waals surface area (Å²) in [5, 5.41) is 22.1. The molecule has 1 aliphatic carbocycles. The molecule has 188 valence electrons. The summed E-state index contributed by atoms with van der Waals surface area (Å²) in [5.41, 5.74) is 5.83. The van der Waals surface area contributed by atoms with Gasteiger partial charge in [-0.3, -0.25) is 9.89 Å². The molecule has 1 aromatic heterocycles. The van der Waals surface area contributed by atoms with Crippen molar-refractivity contribution in [2.24, 2.45) is 5.92 Å². The van der Waals surface area contributed by atoms with Gasteiger partial charge in [0, 0.05) is 34.3 Å². The van der Waals surface area contributed by atoms with Gasteiger partial charge in [-0.25, -0.2) is 0 Å². The Morgan fingerprint density at radius 2 is 1.68 bits per heavy atom. The number of fused-ring (bicyclic) bond motifs is 3. The fourth-order valence-electron chi connectivity index (χ4n) is 6.52. The summed E-state index contributed by atoms with van der Waals surface area (Å²) in [6, 6.07) is 25.6. The summed E-state index contributed by atoms with van der Waals surface area (Å²) >= 11 is 0. The maximum atomic E-state index is 13.3. The van der Waals surface area contributed by atoms with Crippen molar-refractivity contribution in [2.75, 3.05) is 4.90 Å². The van der Waals surface area contributed by atoms with Gasteiger partial charge in [0.2, 0.25) is 0 Å². The van der Waals surface area contributed by atoms with Crippen LogP contribution in [0, 0.1) is 5.92 Å². The molecular weight excluding hydrogens is 460 g/mol. The molecule has 3 heterocycles. The molecule has 2 bridgehead atoms. The molecule has 6 nitrogen and oxygen atoms in total. The number of hydrogen-bond acceptors (Lipinski definition) is 4. The van der Waals surface area contributed by atoms with Gasteiger partial charge in [0.1, 0.15) is 0 Å². The molecule has 2 aliphatic heterocycles. The van der Waals surface area contributed by atoms with Crippen molar-refractivity contribution in [2.45, 2.75) is 62.8 Å². The van der Waals surface area contributed by atoms with E-state index in [-0.39, 0.29) is 18.1 Å². The normalized spacial score (nSPS) is 23.8. The van der Waals surface area contributed by atoms with Crippen LogP contribution >= 0.6 is 0 Å². The fourth-order valence-corrected chi connectivity index (χ4v) is 6.52. The summed E-state index contributed by atoms with van der Waals surface area (Å²) in [5.74, 6) is 0.462. The minimum atomic E-state index is -0.165. The van der Waals surface area contributed by atoms with Crippen LogP contribution < -0.4 is 10.2 Å². The number of piperidine rings is 1. The summed E-state index contributed by atoms with van der Waals surface area (Å²) < 4.78 is 0. The molecule has 2 saturated heterocycles. The van der Waals surface area contributed by atoms with Gasteiger partial charge in [0.25, 0.3) is 5.91 Å². The van der Waals surface area contributed by atoms with Crippen molar-refractivity contribution >= 4 is 22.5 Å². The number of hydrogen-bond donors (Lipinski definition) is 3. The van der Waals surface area contributed by atoms with Gasteiger partial charge < -0.3 is 15.3 Å². The molecule has 3 aliphatic rings. The van der Waals surface area contributed by atoms with Gasteiger partial charge in [-0.05, 0) is 80.3 Å². The van der Waals surface area contributed by atoms with Crippen LogP contribution in [0.5, 0.6) is 0 Å². The number of H-pyrrole nitrogens is 1. The van der Waals surface area contributed by atoms with Gasteiger partial charge >= 0.3 is 0 Å². The molecule has 37 heavy (non-hydrogen) atoms. The maximum absolute atomic E-state index is 13.3. The van der Waals surface area contributed by atoms with E-state index >= 15 is 0 Å². The van der Waals surface area contributed by atoms with Gasteiger partial charge in [0.05, 0.1) is 23.4 Å². The molecule has 1 unspecified atom stereocenters. The number of nitrogens with zero attached hydrogens (tertiary/aromatic N) is 2. The Balaban J connectivity index is 1.14. The summed E-state index contributed by atoms with van der Waals surface area (Å²) in [6.07, 6.45) is 6.18. The van der Waals surface area contributed by atoms with Crippen LogP contribution in [0.3, 0.4) is 0 Å². The molecule has 1 saturated carbocycles. The Kier molecular flexibility index (Phi) is 5.50. The number of carbonyl (C=O) groups is 1. The number of rotatable bonds is 6. The third-order valence-electron chi connectivity index (χ3n) is 8.51. The van der Waals surface area contributed by atoms with E-state index in [0.29, 0.717) is 23.6 Å². The van der Waals surface area contributed by atoms with Crippen LogP contribution in [0.15, 0.2) is 72.8 Å². The number of anilines is 1. The molecule has 0 spiro atoms. The fraction of sp³-hybridized carbons (Fsp3) is 0.355. The van der Waals surface area contributed by atoms with Gasteiger partial charge in [0.15, 0.2) is 0 Å². The van der Waals surface area contributed by atoms with Crippen molar-refractivity contribution < 1.29 is 9.90 Å². The number of aromatic nitrogens is 2. The zero-order chi connectivity index (χ0) is 24.9. The predicted octanol–water partition coefficient (Wildman–Crippen LogP) is 5.60. The van der Waals surface area contributed by atoms with Crippen LogP contribution in [0.2, 0.25) is 0 Å². The molecule has 6 heteroatoms. The first kappa shape index (κ1) is 22.5. The quantitative estimate of drug-likeness (QED) is 0.327. The Morgan fingerprint density at radius 3 is 2.38 bits per heavy atom. The third kappa shape index (κ3) is 4.19. The van der Waals surface area contributed by atoms with Crippen molar-refractivity contribution in [1.29, 1.82) is 0 Å². The first-order valence-electron chi connectivity index (χ1n) is 13.5. The molecule has 4 atom stereocenters. The van der Waals surface area contributed by atoms with Crippen LogP contribution in [-0.4, -0.2) is 39.4 Å². The summed E-state index contributed by atoms with van der Waals surface area (Å²) in [7, 11) is 0. The van der Waals surface area contributed by atoms with Crippen molar-refractivity contribution in [3.8, 4) is 11.3 Å². The molecule has 0 radical (unpaired) electrons. The monoisotopic (exact) mass is 492 g/mol. The van der Waals surface area contributed by atoms with E-state index in [2.05, 4.69) is 56.8 Å². The Labute approximate surface area is 216 Å². The Hall–Kier alpha value is -3.64. The van der Waals surface area contributed by atoms with E-state index in [1.54, 1.807) is 0 Å². The number of benzene rings is 3. The number of aliphatic hydroxyl groups excluding tert-OH is 1. The van der Waals surface area contributed by atoms with E-state index in [4.69, 9.17) is 0 Å². The van der Waals surface area contributed by atoms with E-state index in [1.807, 2.05) is 36.4 Å². The maximum Gasteiger partial charge on any atom is 0.251 e. The predicted molar refractivity (Wildman–Crippen MR) is 145 cm³/mol. The first-order valence-corrected chi connectivity index (χ1v) is 13.5. The second kappa shape index (κ2) is 9.03. The molecule has 7 rings (SSSR count). The van der Waals surface area contributed by atoms with Crippen LogP contribution in [0.1, 0.15) is 60.5 Å². The number of nitrogens with one attached hydrogen (secondary N) is 2. The Morgan fingerprint density at radius 1 is 0.946 bits per heavy atom. The lowest BCUT2D eigenvalue weighted by molar-refractivity contribution is 0.0931. The van der Waals surface area contributed by atoms with Gasteiger partial charge in [-0.2, -0.15) is 5.10 Å². The molecule has 3 fully saturated rings. The zero-order valence-electron chi connectivity index (χ0n) is 20.8. The molecule has 4 aromatic rings. The SMILES string of the molecule is O=C(N[C@H](c1ccccc1)C1CC1)c1ccc2[nH]nc(-c3ccc(N4[C@@H]5CC[C@H]4CC(O)C5)cc3)c2c1. The van der Waals surface area contributed by atoms with Crippen molar-refractivity contribution in [3.05, 3.63) is 83.9 Å². The number of aliphatic hydroxyl groups is 1. The average Bonchev–Trinajstić information content (AvgIpc) is 3.62. The Bertz CT molecular complexity index is 1410. The van der Waals surface area contributed by atoms with Gasteiger partial charge in [-0.1, -0.05) is 42.5 Å². The largest absolute Gasteiger partial charge is 0.393 e. The number of aromatic amines is 1. The topological polar surface area (TPSA) is 81.2 Å². The van der Waals surface area contributed by atoms with E-state index in [0.717, 1.165) is 60.7 Å². The van der Waals surface area contributed by atoms with Crippen LogP contribution in [0.4, 0.5) is 5.69 Å². The highest BCUT2D eigenvalue weighted by atomic mass is 16.3. The van der Waals surface area contributed by atoms with Gasteiger partial charge in [-0.15, -0.1) is 0 Å². The lowest BCUT2D eigenvalue weighted by Gasteiger charge is -2.39. The summed E-state index contributed by atoms with van der Waals surface area (Å²) in [6.45, 7) is 0. The van der Waals surface area contributed by atoms with Crippen LogP contribution in [-0.2, 0) is 0 Å². The lowest BCUT2D eigenvalue weighted by atomic mass is 9.98. The smallest absolute Gasteiger partial charge is 0.251 e. The highest BCUT2D eigenvalue weighted by Crippen LogP contribution is 2.42. The first-order chi connectivity index (χ1) is 18.1. The van der Waals surface area contributed by atoms with Crippen molar-refractivity contribution in [1.82, 2.24) is 15.5 Å². The minimum Gasteiger partial charge on any atom is -0.393 e. The van der Waals surface area contributed by atoms with E-state index < -0.39 is 0 Å². The van der Waals surface area contributed by atoms with E-state index in [1.165, 1.54) is 11.3 Å². The standard InChI is InChI=1S/C31H32N4O2/c36-26-17-24-13-14-25(18-26)35(24)23-11-8-21(9-12-23)30-27-16-22(10-15-28(27)33-34-30)31(37)32-29(20-6-7-20)19-4-2-1-3-5-19/h1-5,8-12,15-16,20,24-26,29,36H,6-7,13-14,17-18H2,(H,32,37)(H,33,34)/t24-,25+,26?,29-/m1/s1. The third-order valence-corrected chi connectivity index (χ3v) is 8.51. The minimum absolute atomic E-state index is 0.0481. The highest BCUT2D eigenvalue weighted by molar-refractivity contribution is 6.01. The zero-order valence-corrected chi connectivity index (χ0v) is 20.8. The highest BCUT2D eigenvalue weighted by Gasteiger charge is 2.40. The number of carbonyl (C=O) groups excluding carboxylic acids is 1. The average molecular weight is 493 g/mol. The molecule has 1 amide bonds. The lowest BCUT2D eigenvalue weighted by Crippen LogP contribution is -2.44. The summed E-state index contributed by atoms with van der Waals surface area (Å²) in [4.78, 5) is 15.8. The van der Waals surface area contributed by atoms with Crippen LogP contribution in [0.25, 0.3) is 22.2 Å². The number of amides is 1. The second-order valence-corrected chi connectivity index (χ2v) is 11.0. The molecule has 3 N–H and O–H groups in total. The molecular formula is C31H32N4O2. The van der Waals surface area contributed by atoms with Crippen molar-refractivity contribution in [3.63, 3.8) is 0 Å².